The molecule has 1 atom stereocenters. The first-order chi connectivity index (χ1) is 5.56. The Balaban J connectivity index is 3.61. The quantitative estimate of drug-likeness (QED) is 0.601. The number of carboxylic acid groups (broad SMARTS) is 1. The van der Waals surface area contributed by atoms with Gasteiger partial charge in [-0.05, 0) is 0 Å². The van der Waals surface area contributed by atoms with E-state index in [0.717, 1.165) is 0 Å². The van der Waals surface area contributed by atoms with Crippen LogP contribution in [0.4, 0.5) is 0 Å². The molecule has 0 saturated carbocycles. The third-order valence-corrected chi connectivity index (χ3v) is 1.44. The maximum absolute atomic E-state index is 10.8. The minimum atomic E-state index is -1.11. The summed E-state index contributed by atoms with van der Waals surface area (Å²) < 4.78 is 0. The third-order valence-electron chi connectivity index (χ3n) is 1.25. The number of alkyl halides is 1. The number of carbonyl (C=O) groups excluding carboxylic acids is 1. The van der Waals surface area contributed by atoms with Gasteiger partial charge in [0.05, 0.1) is 12.5 Å². The van der Waals surface area contributed by atoms with Crippen molar-refractivity contribution >= 4 is 23.4 Å². The number of carbonyl (C=O) groups is 2. The standard InChI is InChI=1S/C7H11ClO4/c8-2-1-5(9)3-6(10)4-7(11)12/h6,10H,1-4H2,(H,11,12)/t6-/m1/s1. The second-order valence-corrected chi connectivity index (χ2v) is 2.81. The van der Waals surface area contributed by atoms with Gasteiger partial charge in [0.2, 0.25) is 0 Å². The number of aliphatic hydroxyl groups is 1. The minimum Gasteiger partial charge on any atom is -0.481 e. The molecule has 0 unspecified atom stereocenters. The van der Waals surface area contributed by atoms with Gasteiger partial charge >= 0.3 is 5.97 Å². The van der Waals surface area contributed by atoms with Crippen molar-refractivity contribution in [3.63, 3.8) is 0 Å². The van der Waals surface area contributed by atoms with E-state index in [2.05, 4.69) is 0 Å². The zero-order chi connectivity index (χ0) is 9.56. The molecule has 0 rings (SSSR count). The maximum atomic E-state index is 10.8. The highest BCUT2D eigenvalue weighted by Crippen LogP contribution is 2.01. The zero-order valence-electron chi connectivity index (χ0n) is 6.49. The van der Waals surface area contributed by atoms with E-state index in [1.807, 2.05) is 0 Å². The molecular formula is C7H11ClO4. The van der Waals surface area contributed by atoms with Gasteiger partial charge in [-0.1, -0.05) is 0 Å². The Morgan fingerprint density at radius 2 is 1.92 bits per heavy atom. The van der Waals surface area contributed by atoms with Gasteiger partial charge in [0, 0.05) is 18.7 Å². The van der Waals surface area contributed by atoms with Crippen LogP contribution in [-0.2, 0) is 9.59 Å². The molecule has 12 heavy (non-hydrogen) atoms. The zero-order valence-corrected chi connectivity index (χ0v) is 7.25. The van der Waals surface area contributed by atoms with Crippen molar-refractivity contribution < 1.29 is 19.8 Å². The second-order valence-electron chi connectivity index (χ2n) is 2.43. The van der Waals surface area contributed by atoms with E-state index in [4.69, 9.17) is 21.8 Å². The van der Waals surface area contributed by atoms with Gasteiger partial charge < -0.3 is 10.2 Å². The van der Waals surface area contributed by atoms with Gasteiger partial charge in [-0.2, -0.15) is 0 Å². The van der Waals surface area contributed by atoms with Crippen LogP contribution in [0.3, 0.4) is 0 Å². The molecule has 0 aliphatic rings. The SMILES string of the molecule is O=C(O)C[C@H](O)CC(=O)CCCl. The normalized spacial score (nSPS) is 12.5. The van der Waals surface area contributed by atoms with Crippen LogP contribution >= 0.6 is 11.6 Å². The summed E-state index contributed by atoms with van der Waals surface area (Å²) >= 11 is 5.27. The highest BCUT2D eigenvalue weighted by atomic mass is 35.5. The van der Waals surface area contributed by atoms with E-state index in [0.29, 0.717) is 0 Å². The summed E-state index contributed by atoms with van der Waals surface area (Å²) in [6.07, 6.45) is -1.43. The first kappa shape index (κ1) is 11.4. The number of halogens is 1. The monoisotopic (exact) mass is 194 g/mol. The smallest absolute Gasteiger partial charge is 0.305 e. The molecule has 70 valence electrons. The number of hydrogen-bond donors (Lipinski definition) is 2. The van der Waals surface area contributed by atoms with Crippen molar-refractivity contribution in [1.82, 2.24) is 0 Å². The molecule has 0 amide bonds. The molecule has 0 heterocycles. The molecule has 0 aromatic heterocycles. The summed E-state index contributed by atoms with van der Waals surface area (Å²) in [5, 5.41) is 17.2. The number of aliphatic carboxylic acids is 1. The van der Waals surface area contributed by atoms with E-state index in [1.165, 1.54) is 0 Å². The summed E-state index contributed by atoms with van der Waals surface area (Å²) in [5.41, 5.74) is 0. The predicted octanol–water partition coefficient (Wildman–Crippen LogP) is 0.410. The summed E-state index contributed by atoms with van der Waals surface area (Å²) in [6, 6.07) is 0. The summed E-state index contributed by atoms with van der Waals surface area (Å²) in [6.45, 7) is 0. The van der Waals surface area contributed by atoms with Gasteiger partial charge in [0.25, 0.3) is 0 Å². The number of aliphatic hydroxyl groups excluding tert-OH is 1. The van der Waals surface area contributed by atoms with Crippen molar-refractivity contribution in [2.45, 2.75) is 25.4 Å². The molecule has 4 nitrogen and oxygen atoms in total. The summed E-state index contributed by atoms with van der Waals surface area (Å²) in [7, 11) is 0. The van der Waals surface area contributed by atoms with Crippen LogP contribution in [0.1, 0.15) is 19.3 Å². The fourth-order valence-electron chi connectivity index (χ4n) is 0.744. The van der Waals surface area contributed by atoms with Crippen molar-refractivity contribution in [2.75, 3.05) is 5.88 Å². The van der Waals surface area contributed by atoms with E-state index >= 15 is 0 Å². The second kappa shape index (κ2) is 5.97. The van der Waals surface area contributed by atoms with Crippen molar-refractivity contribution in [1.29, 1.82) is 0 Å². The highest BCUT2D eigenvalue weighted by Gasteiger charge is 2.13. The Bertz CT molecular complexity index is 169. The molecule has 0 bridgehead atoms. The van der Waals surface area contributed by atoms with E-state index in [1.54, 1.807) is 0 Å². The lowest BCUT2D eigenvalue weighted by atomic mass is 10.1. The number of hydrogen-bond acceptors (Lipinski definition) is 3. The lowest BCUT2D eigenvalue weighted by Crippen LogP contribution is -2.17. The van der Waals surface area contributed by atoms with Gasteiger partial charge in [0.15, 0.2) is 0 Å². The molecule has 2 N–H and O–H groups in total. The molecule has 5 heteroatoms. The summed E-state index contributed by atoms with van der Waals surface area (Å²) in [4.78, 5) is 20.8. The van der Waals surface area contributed by atoms with E-state index in [-0.39, 0.29) is 24.5 Å². The molecule has 0 spiro atoms. The van der Waals surface area contributed by atoms with Crippen LogP contribution in [0.5, 0.6) is 0 Å². The lowest BCUT2D eigenvalue weighted by Gasteiger charge is -2.04. The largest absolute Gasteiger partial charge is 0.481 e. The Kier molecular flexibility index (Phi) is 5.66. The highest BCUT2D eigenvalue weighted by molar-refractivity contribution is 6.19. The number of Topliss-reactive ketones (excluding diaryl/α,β-unsaturated/α-hetero) is 1. The molecule has 0 aromatic rings. The van der Waals surface area contributed by atoms with Crippen LogP contribution in [0.25, 0.3) is 0 Å². The lowest BCUT2D eigenvalue weighted by molar-refractivity contribution is -0.139. The number of ketones is 1. The molecule has 0 aromatic carbocycles. The molecule has 0 saturated heterocycles. The Morgan fingerprint density at radius 1 is 1.33 bits per heavy atom. The molecule has 0 aliphatic heterocycles. The Morgan fingerprint density at radius 3 is 2.33 bits per heavy atom. The van der Waals surface area contributed by atoms with Gasteiger partial charge in [-0.25, -0.2) is 0 Å². The van der Waals surface area contributed by atoms with Gasteiger partial charge in [0.1, 0.15) is 5.78 Å². The fraction of sp³-hybridized carbons (Fsp3) is 0.714. The molecular weight excluding hydrogens is 184 g/mol. The van der Waals surface area contributed by atoms with Gasteiger partial charge in [-0.15, -0.1) is 11.6 Å². The van der Waals surface area contributed by atoms with Gasteiger partial charge in [-0.3, -0.25) is 9.59 Å². The number of rotatable bonds is 6. The van der Waals surface area contributed by atoms with Crippen molar-refractivity contribution in [2.24, 2.45) is 0 Å². The average Bonchev–Trinajstić information content (AvgIpc) is 1.84. The topological polar surface area (TPSA) is 74.6 Å². The Labute approximate surface area is 75.1 Å². The Hall–Kier alpha value is -0.610. The third kappa shape index (κ3) is 6.12. The molecule has 0 aliphatic carbocycles. The average molecular weight is 195 g/mol. The van der Waals surface area contributed by atoms with Crippen LogP contribution in [-0.4, -0.2) is 33.9 Å². The first-order valence-electron chi connectivity index (χ1n) is 3.53. The van der Waals surface area contributed by atoms with E-state index < -0.39 is 18.5 Å². The fourth-order valence-corrected chi connectivity index (χ4v) is 0.955. The maximum Gasteiger partial charge on any atom is 0.305 e. The minimum absolute atomic E-state index is 0.126. The van der Waals surface area contributed by atoms with Crippen molar-refractivity contribution in [3.05, 3.63) is 0 Å². The van der Waals surface area contributed by atoms with Crippen molar-refractivity contribution in [3.8, 4) is 0 Å². The van der Waals surface area contributed by atoms with Crippen LogP contribution in [0.15, 0.2) is 0 Å². The molecule has 0 fully saturated rings. The van der Waals surface area contributed by atoms with E-state index in [9.17, 15) is 9.59 Å². The van der Waals surface area contributed by atoms with Crippen LogP contribution in [0, 0.1) is 0 Å². The first-order valence-corrected chi connectivity index (χ1v) is 4.07. The predicted molar refractivity (Wildman–Crippen MR) is 43.2 cm³/mol. The van der Waals surface area contributed by atoms with Crippen LogP contribution < -0.4 is 0 Å². The summed E-state index contributed by atoms with van der Waals surface area (Å²) in [5.74, 6) is -1.11. The van der Waals surface area contributed by atoms with Crippen LogP contribution in [0.2, 0.25) is 0 Å². The number of carboxylic acids is 1. The molecule has 0 radical (unpaired) electrons.